The van der Waals surface area contributed by atoms with Crippen LogP contribution in [0.4, 0.5) is 0 Å². The fourth-order valence-electron chi connectivity index (χ4n) is 5.61. The van der Waals surface area contributed by atoms with E-state index in [4.69, 9.17) is 24.4 Å². The topological polar surface area (TPSA) is 95.9 Å². The summed E-state index contributed by atoms with van der Waals surface area (Å²) in [7, 11) is 0. The number of hydrogen-bond acceptors (Lipinski definition) is 5. The van der Waals surface area contributed by atoms with Crippen LogP contribution in [0, 0.1) is 6.92 Å². The van der Waals surface area contributed by atoms with E-state index in [1.54, 1.807) is 0 Å². The number of fused-ring (bicyclic) bond motifs is 8. The first-order valence-corrected chi connectivity index (χ1v) is 13.2. The Labute approximate surface area is 235 Å². The first-order chi connectivity index (χ1) is 17.3. The van der Waals surface area contributed by atoms with Gasteiger partial charge in [0.2, 0.25) is 5.89 Å². The van der Waals surface area contributed by atoms with Crippen molar-refractivity contribution in [3.8, 4) is 0 Å². The maximum absolute atomic E-state index is 6.44. The molecule has 0 saturated heterocycles. The summed E-state index contributed by atoms with van der Waals surface area (Å²) in [5, 5.41) is 0. The largest absolute Gasteiger partial charge is 2.00 e. The second-order valence-electron chi connectivity index (χ2n) is 9.73. The summed E-state index contributed by atoms with van der Waals surface area (Å²) in [6.45, 7) is 17.2. The standard InChI is InChI=1S/C31H35N4O.Cu.H2O/c1-9-20-17(6)25-14-29-22(11-3)19(8)30(35-29)36-31-23(12-4)18(7)26(34-31)15-28-21(10-2)16(5)24(32-28)13-27(20)33-25;;/h13-15H,9-12H2,1-8H3;;1H2/q-1;+2;/p-1. The monoisotopic (exact) mass is 559 g/mol. The predicted octanol–water partition coefficient (Wildman–Crippen LogP) is 8.04. The molecule has 6 nitrogen and oxygen atoms in total. The first-order valence-electron chi connectivity index (χ1n) is 13.2. The summed E-state index contributed by atoms with van der Waals surface area (Å²) in [6.07, 6.45) is 3.54. The first kappa shape index (κ1) is 29.6. The Kier molecular flexibility index (Phi) is 8.87. The maximum Gasteiger partial charge on any atom is 2.00 e. The van der Waals surface area contributed by atoms with Gasteiger partial charge in [0.1, 0.15) is 0 Å². The van der Waals surface area contributed by atoms with Crippen molar-refractivity contribution in [2.24, 2.45) is 0 Å². The number of nitrogens with zero attached hydrogens (tertiary/aromatic N) is 4. The van der Waals surface area contributed by atoms with Crippen molar-refractivity contribution >= 4 is 44.7 Å². The second kappa shape index (κ2) is 11.4. The maximum atomic E-state index is 6.44. The fourth-order valence-corrected chi connectivity index (χ4v) is 5.61. The van der Waals surface area contributed by atoms with E-state index in [9.17, 15) is 0 Å². The van der Waals surface area contributed by atoms with Crippen molar-refractivity contribution < 1.29 is 27.0 Å². The van der Waals surface area contributed by atoms with Gasteiger partial charge >= 0.3 is 17.1 Å². The molecular weight excluding hydrogens is 524 g/mol. The van der Waals surface area contributed by atoms with E-state index in [0.717, 1.165) is 76.4 Å². The molecule has 0 amide bonds. The molecule has 0 spiro atoms. The Morgan fingerprint density at radius 1 is 0.632 bits per heavy atom. The minimum atomic E-state index is 0. The predicted molar refractivity (Wildman–Crippen MR) is 151 cm³/mol. The van der Waals surface area contributed by atoms with Gasteiger partial charge in [-0.25, -0.2) is 15.0 Å². The van der Waals surface area contributed by atoms with E-state index in [2.05, 4.69) is 73.6 Å². The van der Waals surface area contributed by atoms with Crippen molar-refractivity contribution in [1.29, 1.82) is 0 Å². The van der Waals surface area contributed by atoms with Crippen LogP contribution in [0.25, 0.3) is 44.7 Å². The normalized spacial score (nSPS) is 14.0. The van der Waals surface area contributed by atoms with Gasteiger partial charge in [0, 0.05) is 11.3 Å². The van der Waals surface area contributed by atoms with Crippen LogP contribution in [0.2, 0.25) is 0 Å². The molecule has 0 fully saturated rings. The fraction of sp³-hybridized carbons (Fsp3) is 0.387. The Morgan fingerprint density at radius 3 is 1.61 bits per heavy atom. The summed E-state index contributed by atoms with van der Waals surface area (Å²) in [5.41, 5.74) is 15.9. The van der Waals surface area contributed by atoms with Crippen LogP contribution < -0.4 is 4.98 Å². The molecule has 2 aromatic heterocycles. The molecule has 5 heterocycles. The summed E-state index contributed by atoms with van der Waals surface area (Å²) in [4.78, 5) is 20.0. The Morgan fingerprint density at radius 2 is 1.11 bits per heavy atom. The average molecular weight is 560 g/mol. The zero-order valence-electron chi connectivity index (χ0n) is 23.5. The van der Waals surface area contributed by atoms with Crippen molar-refractivity contribution in [2.75, 3.05) is 0 Å². The van der Waals surface area contributed by atoms with E-state index in [1.807, 2.05) is 0 Å². The molecule has 2 aromatic rings. The van der Waals surface area contributed by atoms with Crippen LogP contribution in [0.1, 0.15) is 113 Å². The Hall–Kier alpha value is -2.99. The molecule has 0 aromatic carbocycles. The Bertz CT molecular complexity index is 1570. The van der Waals surface area contributed by atoms with Gasteiger partial charge < -0.3 is 14.9 Å². The van der Waals surface area contributed by atoms with Crippen LogP contribution in [0.3, 0.4) is 0 Å². The third kappa shape index (κ3) is 4.68. The van der Waals surface area contributed by atoms with E-state index in [-0.39, 0.29) is 22.5 Å². The number of hydrogen-bond donors (Lipinski definition) is 0. The van der Waals surface area contributed by atoms with Crippen molar-refractivity contribution in [1.82, 2.24) is 19.9 Å². The van der Waals surface area contributed by atoms with E-state index < -0.39 is 0 Å². The molecule has 3 aliphatic rings. The molecule has 0 unspecified atom stereocenters. The number of allylic oxidation sites excluding steroid dienone is 6. The van der Waals surface area contributed by atoms with Gasteiger partial charge in [-0.2, -0.15) is 0 Å². The third-order valence-electron chi connectivity index (χ3n) is 7.82. The van der Waals surface area contributed by atoms with Crippen LogP contribution >= 0.6 is 0 Å². The van der Waals surface area contributed by atoms with Crippen LogP contribution in [0.5, 0.6) is 0 Å². The number of rotatable bonds is 4. The zero-order valence-corrected chi connectivity index (χ0v) is 24.4. The number of aromatic nitrogens is 4. The van der Waals surface area contributed by atoms with Gasteiger partial charge in [0.15, 0.2) is 0 Å². The SMILES string of the molecule is CCC1=C(C)c2cc3nc(oc4[n-]c(cc5nc(cc1n2)C(C)=C5CC)c(C)c4CC)C(C)=C3CC.[Cu+2].[OH-]. The van der Waals surface area contributed by atoms with Gasteiger partial charge in [-0.1, -0.05) is 39.3 Å². The van der Waals surface area contributed by atoms with Gasteiger partial charge in [0.25, 0.3) is 0 Å². The average Bonchev–Trinajstić information content (AvgIpc) is 3.51. The molecule has 5 rings (SSSR count). The molecule has 1 N–H and O–H groups in total. The molecule has 0 atom stereocenters. The molecule has 7 heteroatoms. The summed E-state index contributed by atoms with van der Waals surface area (Å²) >= 11 is 0. The molecule has 1 radical (unpaired) electrons. The van der Waals surface area contributed by atoms with Gasteiger partial charge in [-0.15, -0.1) is 5.52 Å². The van der Waals surface area contributed by atoms with Crippen LogP contribution in [-0.4, -0.2) is 20.4 Å². The molecule has 203 valence electrons. The minimum Gasteiger partial charge on any atom is -0.870 e. The van der Waals surface area contributed by atoms with E-state index >= 15 is 0 Å². The third-order valence-corrected chi connectivity index (χ3v) is 7.82. The minimum absolute atomic E-state index is 0. The van der Waals surface area contributed by atoms with Crippen LogP contribution in [0.15, 0.2) is 22.6 Å². The summed E-state index contributed by atoms with van der Waals surface area (Å²) in [5.74, 6) is 0.634. The zero-order chi connectivity index (χ0) is 25.7. The van der Waals surface area contributed by atoms with E-state index in [0.29, 0.717) is 11.6 Å². The molecule has 3 aliphatic heterocycles. The smallest absolute Gasteiger partial charge is 0.870 e. The quantitative estimate of drug-likeness (QED) is 0.352. The molecule has 8 bridgehead atoms. The van der Waals surface area contributed by atoms with Gasteiger partial charge in [-0.05, 0) is 98.9 Å². The second-order valence-corrected chi connectivity index (χ2v) is 9.73. The number of aryl methyl sites for hydroxylation is 2. The molecule has 38 heavy (non-hydrogen) atoms. The molecule has 0 saturated carbocycles. The van der Waals surface area contributed by atoms with E-state index in [1.165, 1.54) is 27.9 Å². The summed E-state index contributed by atoms with van der Waals surface area (Å²) in [6, 6.07) is 6.40. The van der Waals surface area contributed by atoms with Crippen LogP contribution in [-0.2, 0) is 23.5 Å². The van der Waals surface area contributed by atoms with Gasteiger partial charge in [-0.3, -0.25) is 0 Å². The van der Waals surface area contributed by atoms with Crippen molar-refractivity contribution in [3.05, 3.63) is 63.7 Å². The molecule has 0 aliphatic carbocycles. The van der Waals surface area contributed by atoms with Gasteiger partial charge in [0.05, 0.1) is 28.5 Å². The Balaban J connectivity index is 0.00000200. The van der Waals surface area contributed by atoms with Crippen molar-refractivity contribution in [2.45, 2.75) is 81.1 Å². The molecular formula is C31H36CuN4O2. The van der Waals surface area contributed by atoms with Crippen molar-refractivity contribution in [3.63, 3.8) is 0 Å². The summed E-state index contributed by atoms with van der Waals surface area (Å²) < 4.78 is 6.44.